The molecule has 0 saturated heterocycles. The van der Waals surface area contributed by atoms with Gasteiger partial charge in [-0.15, -0.1) is 0 Å². The van der Waals surface area contributed by atoms with Gasteiger partial charge in [0.25, 0.3) is 5.91 Å². The molecule has 0 aliphatic rings. The van der Waals surface area contributed by atoms with E-state index in [-0.39, 0.29) is 10.6 Å². The van der Waals surface area contributed by atoms with Gasteiger partial charge in [0.1, 0.15) is 5.76 Å². The maximum atomic E-state index is 12.1. The Hall–Kier alpha value is -2.80. The maximum absolute atomic E-state index is 12.1. The molecule has 0 bridgehead atoms. The fourth-order valence-electron chi connectivity index (χ4n) is 2.61. The lowest BCUT2D eigenvalue weighted by Crippen LogP contribution is -2.17. The minimum atomic E-state index is -0.439. The van der Waals surface area contributed by atoms with Crippen molar-refractivity contribution in [3.63, 3.8) is 0 Å². The Labute approximate surface area is 180 Å². The molecule has 2 aromatic carbocycles. The number of aromatic nitrogens is 1. The molecule has 1 amide bonds. The van der Waals surface area contributed by atoms with Gasteiger partial charge in [0.05, 0.1) is 22.3 Å². The van der Waals surface area contributed by atoms with E-state index in [1.807, 2.05) is 36.4 Å². The van der Waals surface area contributed by atoms with Crippen molar-refractivity contribution in [3.8, 4) is 0 Å². The summed E-state index contributed by atoms with van der Waals surface area (Å²) in [6.07, 6.45) is 3.19. The van der Waals surface area contributed by atoms with E-state index in [9.17, 15) is 4.79 Å². The third-order valence-electron chi connectivity index (χ3n) is 3.94. The molecular weight excluding hydrogens is 429 g/mol. The Kier molecular flexibility index (Phi) is 5.85. The summed E-state index contributed by atoms with van der Waals surface area (Å²) >= 11 is 13.3. The number of nitrogens with zero attached hydrogens (tertiary/aromatic N) is 2. The molecule has 4 aromatic rings. The number of nitrogens with one attached hydrogen (secondary N) is 1. The molecule has 0 radical (unpaired) electrons. The van der Waals surface area contributed by atoms with E-state index in [1.54, 1.807) is 18.3 Å². The minimum absolute atomic E-state index is 0.255. The zero-order chi connectivity index (χ0) is 20.2. The maximum Gasteiger partial charge on any atom is 0.272 e. The number of carbonyl (C=O) groups excluding carboxylic acids is 1. The number of hydrogen-bond donors (Lipinski definition) is 1. The molecule has 0 atom stereocenters. The molecule has 5 nitrogen and oxygen atoms in total. The van der Waals surface area contributed by atoms with Crippen molar-refractivity contribution in [2.24, 2.45) is 5.10 Å². The second-order valence-electron chi connectivity index (χ2n) is 5.91. The summed E-state index contributed by atoms with van der Waals surface area (Å²) < 4.78 is 5.75. The van der Waals surface area contributed by atoms with Crippen molar-refractivity contribution < 1.29 is 9.21 Å². The first-order valence-electron chi connectivity index (χ1n) is 8.50. The third-order valence-corrected chi connectivity index (χ3v) is 5.46. The number of halogens is 2. The molecule has 2 heterocycles. The Morgan fingerprint density at radius 2 is 1.97 bits per heavy atom. The number of hydrogen-bond acceptors (Lipinski definition) is 5. The number of pyridine rings is 1. The van der Waals surface area contributed by atoms with Gasteiger partial charge in [-0.3, -0.25) is 9.78 Å². The first-order chi connectivity index (χ1) is 14.1. The van der Waals surface area contributed by atoms with Crippen molar-refractivity contribution in [1.82, 2.24) is 10.4 Å². The second kappa shape index (κ2) is 8.69. The molecule has 1 N–H and O–H groups in total. The van der Waals surface area contributed by atoms with Crippen LogP contribution in [-0.4, -0.2) is 17.1 Å². The number of furan rings is 1. The van der Waals surface area contributed by atoms with E-state index < -0.39 is 5.91 Å². The van der Waals surface area contributed by atoms with E-state index in [2.05, 4.69) is 15.5 Å². The Bertz CT molecular complexity index is 1220. The van der Waals surface area contributed by atoms with Gasteiger partial charge in [-0.25, -0.2) is 5.43 Å². The highest BCUT2D eigenvalue weighted by molar-refractivity contribution is 7.99. The number of amides is 1. The number of rotatable bonds is 5. The Morgan fingerprint density at radius 1 is 1.10 bits per heavy atom. The van der Waals surface area contributed by atoms with Gasteiger partial charge in [-0.1, -0.05) is 41.4 Å². The van der Waals surface area contributed by atoms with Crippen LogP contribution in [0.5, 0.6) is 0 Å². The van der Waals surface area contributed by atoms with Gasteiger partial charge in [-0.2, -0.15) is 5.10 Å². The fourth-order valence-corrected chi connectivity index (χ4v) is 4.01. The van der Waals surface area contributed by atoms with Crippen LogP contribution in [0.25, 0.3) is 10.9 Å². The summed E-state index contributed by atoms with van der Waals surface area (Å²) in [5.41, 5.74) is 3.62. The highest BCUT2D eigenvalue weighted by Gasteiger charge is 2.10. The van der Waals surface area contributed by atoms with Crippen LogP contribution in [0.2, 0.25) is 10.0 Å². The molecule has 29 heavy (non-hydrogen) atoms. The van der Waals surface area contributed by atoms with Crippen LogP contribution in [0.1, 0.15) is 16.1 Å². The molecule has 0 fully saturated rings. The lowest BCUT2D eigenvalue weighted by molar-refractivity contribution is 0.0955. The summed E-state index contributed by atoms with van der Waals surface area (Å²) in [4.78, 5) is 17.6. The first-order valence-corrected chi connectivity index (χ1v) is 10.1. The SMILES string of the molecule is O=C(NN=Cc1ccc(Sc2cccc3cccnc23)o1)c1ccc(Cl)cc1Cl. The van der Waals surface area contributed by atoms with Crippen LogP contribution in [0, 0.1) is 0 Å². The van der Waals surface area contributed by atoms with Crippen molar-refractivity contribution in [3.05, 3.63) is 88.2 Å². The number of hydrazone groups is 1. The number of carbonyl (C=O) groups is 1. The summed E-state index contributed by atoms with van der Waals surface area (Å²) in [5.74, 6) is 0.0640. The Balaban J connectivity index is 1.43. The second-order valence-corrected chi connectivity index (χ2v) is 7.80. The smallest absolute Gasteiger partial charge is 0.272 e. The van der Waals surface area contributed by atoms with Gasteiger partial charge >= 0.3 is 0 Å². The van der Waals surface area contributed by atoms with Gasteiger partial charge in [-0.05, 0) is 54.2 Å². The molecule has 4 rings (SSSR count). The summed E-state index contributed by atoms with van der Waals surface area (Å²) in [5, 5.41) is 6.39. The fraction of sp³-hybridized carbons (Fsp3) is 0. The zero-order valence-corrected chi connectivity index (χ0v) is 17.1. The molecule has 0 aliphatic carbocycles. The van der Waals surface area contributed by atoms with Gasteiger partial charge < -0.3 is 4.42 Å². The average molecular weight is 442 g/mol. The monoisotopic (exact) mass is 441 g/mol. The normalized spacial score (nSPS) is 11.2. The van der Waals surface area contributed by atoms with Crippen molar-refractivity contribution >= 4 is 58.0 Å². The molecular formula is C21H13Cl2N3O2S. The largest absolute Gasteiger partial charge is 0.448 e. The van der Waals surface area contributed by atoms with Crippen LogP contribution in [0.4, 0.5) is 0 Å². The van der Waals surface area contributed by atoms with E-state index >= 15 is 0 Å². The molecule has 0 unspecified atom stereocenters. The highest BCUT2D eigenvalue weighted by atomic mass is 35.5. The third kappa shape index (κ3) is 4.62. The number of fused-ring (bicyclic) bond motifs is 1. The van der Waals surface area contributed by atoms with Gasteiger partial charge in [0.2, 0.25) is 0 Å². The quantitative estimate of drug-likeness (QED) is 0.302. The van der Waals surface area contributed by atoms with Gasteiger partial charge in [0, 0.05) is 21.5 Å². The zero-order valence-electron chi connectivity index (χ0n) is 14.8. The van der Waals surface area contributed by atoms with Crippen LogP contribution in [-0.2, 0) is 0 Å². The van der Waals surface area contributed by atoms with Crippen LogP contribution < -0.4 is 5.43 Å². The van der Waals surface area contributed by atoms with E-state index in [0.29, 0.717) is 15.9 Å². The molecule has 0 aliphatic heterocycles. The molecule has 0 spiro atoms. The van der Waals surface area contributed by atoms with Crippen molar-refractivity contribution in [2.75, 3.05) is 0 Å². The molecule has 144 valence electrons. The first kappa shape index (κ1) is 19.5. The number of benzene rings is 2. The molecule has 8 heteroatoms. The lowest BCUT2D eigenvalue weighted by Gasteiger charge is -2.03. The highest BCUT2D eigenvalue weighted by Crippen LogP contribution is 2.33. The van der Waals surface area contributed by atoms with Crippen molar-refractivity contribution in [1.29, 1.82) is 0 Å². The summed E-state index contributed by atoms with van der Waals surface area (Å²) in [6.45, 7) is 0. The predicted octanol–water partition coefficient (Wildman–Crippen LogP) is 6.05. The van der Waals surface area contributed by atoms with E-state index in [4.69, 9.17) is 27.6 Å². The molecule has 0 saturated carbocycles. The lowest BCUT2D eigenvalue weighted by atomic mass is 10.2. The van der Waals surface area contributed by atoms with E-state index in [1.165, 1.54) is 30.1 Å². The Morgan fingerprint density at radius 3 is 2.83 bits per heavy atom. The minimum Gasteiger partial charge on any atom is -0.448 e. The van der Waals surface area contributed by atoms with Crippen molar-refractivity contribution in [2.45, 2.75) is 9.99 Å². The number of para-hydroxylation sites is 1. The molecule has 2 aromatic heterocycles. The predicted molar refractivity (Wildman–Crippen MR) is 116 cm³/mol. The summed E-state index contributed by atoms with van der Waals surface area (Å²) in [7, 11) is 0. The topological polar surface area (TPSA) is 67.5 Å². The standard InChI is InChI=1S/C21H13Cl2N3O2S/c22-14-6-8-16(17(23)11-14)21(27)26-25-12-15-7-9-19(28-15)29-18-5-1-3-13-4-2-10-24-20(13)18/h1-12H,(H,26,27). The van der Waals surface area contributed by atoms with Crippen LogP contribution >= 0.6 is 35.0 Å². The summed E-state index contributed by atoms with van der Waals surface area (Å²) in [6, 6.07) is 18.1. The average Bonchev–Trinajstić information content (AvgIpc) is 3.15. The van der Waals surface area contributed by atoms with E-state index in [0.717, 1.165) is 15.8 Å². The van der Waals surface area contributed by atoms with Gasteiger partial charge in [0.15, 0.2) is 5.09 Å². The van der Waals surface area contributed by atoms with Crippen LogP contribution in [0.15, 0.2) is 86.4 Å². The van der Waals surface area contributed by atoms with Crippen LogP contribution in [0.3, 0.4) is 0 Å².